The standard InChI is InChI=1S/C17H19ClN4O2/c18-11-5-7-12(8-6-11)22-10-9-15(21-22)17(24)20-14-4-2-1-3-13(14)16(19)23/h5-10,13-14H,1-4H2,(H2,19,23)(H,20,24). The predicted octanol–water partition coefficient (Wildman–Crippen LogP) is 2.30. The lowest BCUT2D eigenvalue weighted by atomic mass is 9.84. The van der Waals surface area contributed by atoms with E-state index in [-0.39, 0.29) is 23.8 Å². The van der Waals surface area contributed by atoms with E-state index in [2.05, 4.69) is 10.4 Å². The minimum absolute atomic E-state index is 0.218. The molecule has 2 atom stereocenters. The van der Waals surface area contributed by atoms with Gasteiger partial charge in [-0.25, -0.2) is 4.68 Å². The first kappa shape index (κ1) is 16.5. The van der Waals surface area contributed by atoms with Crippen molar-refractivity contribution in [3.63, 3.8) is 0 Å². The molecule has 2 aromatic rings. The van der Waals surface area contributed by atoms with Gasteiger partial charge >= 0.3 is 0 Å². The lowest BCUT2D eigenvalue weighted by Gasteiger charge is -2.29. The summed E-state index contributed by atoms with van der Waals surface area (Å²) in [7, 11) is 0. The predicted molar refractivity (Wildman–Crippen MR) is 91.0 cm³/mol. The Labute approximate surface area is 145 Å². The zero-order valence-electron chi connectivity index (χ0n) is 13.1. The summed E-state index contributed by atoms with van der Waals surface area (Å²) in [6.45, 7) is 0. The Morgan fingerprint density at radius 1 is 1.17 bits per heavy atom. The summed E-state index contributed by atoms with van der Waals surface area (Å²) in [5.74, 6) is -0.950. The zero-order valence-corrected chi connectivity index (χ0v) is 13.9. The number of aromatic nitrogens is 2. The number of halogens is 1. The van der Waals surface area contributed by atoms with E-state index in [0.717, 1.165) is 31.4 Å². The molecule has 1 saturated carbocycles. The summed E-state index contributed by atoms with van der Waals surface area (Å²) >= 11 is 5.87. The largest absolute Gasteiger partial charge is 0.369 e. The number of carbonyl (C=O) groups is 2. The maximum Gasteiger partial charge on any atom is 0.272 e. The average molecular weight is 347 g/mol. The van der Waals surface area contributed by atoms with Gasteiger partial charge in [0.05, 0.1) is 11.6 Å². The molecule has 7 heteroatoms. The van der Waals surface area contributed by atoms with Crippen molar-refractivity contribution in [3.05, 3.63) is 47.2 Å². The van der Waals surface area contributed by atoms with Gasteiger partial charge in [-0.1, -0.05) is 24.4 Å². The van der Waals surface area contributed by atoms with E-state index in [1.54, 1.807) is 29.1 Å². The van der Waals surface area contributed by atoms with Gasteiger partial charge in [0.25, 0.3) is 5.91 Å². The van der Waals surface area contributed by atoms with Crippen LogP contribution in [-0.2, 0) is 4.79 Å². The number of hydrogen-bond donors (Lipinski definition) is 2. The number of primary amides is 1. The molecule has 2 unspecified atom stereocenters. The first-order valence-electron chi connectivity index (χ1n) is 7.96. The van der Waals surface area contributed by atoms with Crippen LogP contribution in [-0.4, -0.2) is 27.6 Å². The van der Waals surface area contributed by atoms with Gasteiger partial charge < -0.3 is 11.1 Å². The topological polar surface area (TPSA) is 90.0 Å². The highest BCUT2D eigenvalue weighted by atomic mass is 35.5. The third-order valence-electron chi connectivity index (χ3n) is 4.36. The normalized spacial score (nSPS) is 20.5. The van der Waals surface area contributed by atoms with Crippen molar-refractivity contribution >= 4 is 23.4 Å². The van der Waals surface area contributed by atoms with Crippen molar-refractivity contribution in [1.82, 2.24) is 15.1 Å². The van der Waals surface area contributed by atoms with Gasteiger partial charge in [-0.2, -0.15) is 5.10 Å². The van der Waals surface area contributed by atoms with Crippen molar-refractivity contribution in [2.45, 2.75) is 31.7 Å². The van der Waals surface area contributed by atoms with E-state index >= 15 is 0 Å². The van der Waals surface area contributed by atoms with Gasteiger partial charge in [0.2, 0.25) is 5.91 Å². The van der Waals surface area contributed by atoms with Crippen LogP contribution in [0.1, 0.15) is 36.2 Å². The molecule has 6 nitrogen and oxygen atoms in total. The summed E-state index contributed by atoms with van der Waals surface area (Å²) in [4.78, 5) is 24.0. The molecule has 3 N–H and O–H groups in total. The maximum absolute atomic E-state index is 12.4. The van der Waals surface area contributed by atoms with Crippen LogP contribution < -0.4 is 11.1 Å². The lowest BCUT2D eigenvalue weighted by molar-refractivity contribution is -0.123. The Kier molecular flexibility index (Phi) is 4.85. The molecule has 3 rings (SSSR count). The Morgan fingerprint density at radius 2 is 1.88 bits per heavy atom. The second kappa shape index (κ2) is 7.05. The molecule has 24 heavy (non-hydrogen) atoms. The third kappa shape index (κ3) is 3.59. The van der Waals surface area contributed by atoms with Crippen molar-refractivity contribution in [2.75, 3.05) is 0 Å². The molecule has 0 radical (unpaired) electrons. The summed E-state index contributed by atoms with van der Waals surface area (Å²) in [5.41, 5.74) is 6.56. The number of nitrogens with zero attached hydrogens (tertiary/aromatic N) is 2. The molecule has 0 spiro atoms. The molecule has 2 amide bonds. The summed E-state index contributed by atoms with van der Waals surface area (Å²) < 4.78 is 1.61. The first-order valence-corrected chi connectivity index (χ1v) is 8.34. The SMILES string of the molecule is NC(=O)C1CCCCC1NC(=O)c1ccn(-c2ccc(Cl)cc2)n1. The van der Waals surface area contributed by atoms with Gasteiger partial charge in [0.15, 0.2) is 5.69 Å². The highest BCUT2D eigenvalue weighted by Gasteiger charge is 2.31. The van der Waals surface area contributed by atoms with E-state index in [1.165, 1.54) is 0 Å². The van der Waals surface area contributed by atoms with Crippen LogP contribution in [0.15, 0.2) is 36.5 Å². The molecular formula is C17H19ClN4O2. The van der Waals surface area contributed by atoms with Crippen LogP contribution in [0.3, 0.4) is 0 Å². The van der Waals surface area contributed by atoms with Gasteiger partial charge in [-0.3, -0.25) is 9.59 Å². The van der Waals surface area contributed by atoms with Crippen LogP contribution in [0.5, 0.6) is 0 Å². The highest BCUT2D eigenvalue weighted by Crippen LogP contribution is 2.24. The third-order valence-corrected chi connectivity index (χ3v) is 4.61. The molecule has 1 fully saturated rings. The second-order valence-electron chi connectivity index (χ2n) is 6.00. The average Bonchev–Trinajstić information content (AvgIpc) is 3.06. The molecule has 1 aliphatic carbocycles. The number of nitrogens with one attached hydrogen (secondary N) is 1. The first-order chi connectivity index (χ1) is 11.5. The summed E-state index contributed by atoms with van der Waals surface area (Å²) in [5, 5.41) is 7.83. The number of benzene rings is 1. The van der Waals surface area contributed by atoms with Crippen molar-refractivity contribution in [1.29, 1.82) is 0 Å². The quantitative estimate of drug-likeness (QED) is 0.890. The highest BCUT2D eigenvalue weighted by molar-refractivity contribution is 6.30. The molecule has 1 aromatic heterocycles. The number of amides is 2. The zero-order chi connectivity index (χ0) is 17.1. The van der Waals surface area contributed by atoms with Gasteiger partial charge in [0.1, 0.15) is 0 Å². The van der Waals surface area contributed by atoms with Crippen LogP contribution in [0.2, 0.25) is 5.02 Å². The van der Waals surface area contributed by atoms with Crippen LogP contribution >= 0.6 is 11.6 Å². The Morgan fingerprint density at radius 3 is 2.58 bits per heavy atom. The number of carbonyl (C=O) groups excluding carboxylic acids is 2. The van der Waals surface area contributed by atoms with Crippen molar-refractivity contribution < 1.29 is 9.59 Å². The second-order valence-corrected chi connectivity index (χ2v) is 6.43. The van der Waals surface area contributed by atoms with E-state index in [4.69, 9.17) is 17.3 Å². The van der Waals surface area contributed by atoms with E-state index in [1.807, 2.05) is 12.1 Å². The van der Waals surface area contributed by atoms with Gasteiger partial charge in [-0.15, -0.1) is 0 Å². The van der Waals surface area contributed by atoms with Crippen LogP contribution in [0, 0.1) is 5.92 Å². The lowest BCUT2D eigenvalue weighted by Crippen LogP contribution is -2.47. The Balaban J connectivity index is 1.71. The van der Waals surface area contributed by atoms with Crippen molar-refractivity contribution in [2.24, 2.45) is 11.7 Å². The number of nitrogens with two attached hydrogens (primary N) is 1. The minimum Gasteiger partial charge on any atom is -0.369 e. The van der Waals surface area contributed by atoms with E-state index < -0.39 is 0 Å². The van der Waals surface area contributed by atoms with Crippen LogP contribution in [0.4, 0.5) is 0 Å². The molecule has 0 saturated heterocycles. The van der Waals surface area contributed by atoms with E-state index in [0.29, 0.717) is 10.7 Å². The monoisotopic (exact) mass is 346 g/mol. The van der Waals surface area contributed by atoms with E-state index in [9.17, 15) is 9.59 Å². The maximum atomic E-state index is 12.4. The molecule has 1 heterocycles. The Bertz CT molecular complexity index is 741. The summed E-state index contributed by atoms with van der Waals surface area (Å²) in [6.07, 6.45) is 5.14. The van der Waals surface area contributed by atoms with Crippen molar-refractivity contribution in [3.8, 4) is 5.69 Å². The van der Waals surface area contributed by atoms with Crippen LogP contribution in [0.25, 0.3) is 5.69 Å². The fourth-order valence-corrected chi connectivity index (χ4v) is 3.20. The summed E-state index contributed by atoms with van der Waals surface area (Å²) in [6, 6.07) is 8.59. The smallest absolute Gasteiger partial charge is 0.272 e. The molecule has 0 bridgehead atoms. The Hall–Kier alpha value is -2.34. The fourth-order valence-electron chi connectivity index (χ4n) is 3.07. The molecule has 126 valence electrons. The number of rotatable bonds is 4. The van der Waals surface area contributed by atoms with Gasteiger partial charge in [0, 0.05) is 17.3 Å². The molecule has 1 aromatic carbocycles. The minimum atomic E-state index is -0.355. The fraction of sp³-hybridized carbons (Fsp3) is 0.353. The van der Waals surface area contributed by atoms with Gasteiger partial charge in [-0.05, 0) is 43.2 Å². The molecule has 0 aliphatic heterocycles. The molecule has 1 aliphatic rings. The number of hydrogen-bond acceptors (Lipinski definition) is 3. The molecular weight excluding hydrogens is 328 g/mol.